The second kappa shape index (κ2) is 5.78. The first-order chi connectivity index (χ1) is 9.81. The average Bonchev–Trinajstić information content (AvgIpc) is 2.40. The molecule has 2 aromatic rings. The van der Waals surface area contributed by atoms with Gasteiger partial charge >= 0.3 is 5.69 Å². The van der Waals surface area contributed by atoms with Gasteiger partial charge in [-0.25, -0.2) is 8.42 Å². The minimum atomic E-state index is -3.94. The second-order valence-electron chi connectivity index (χ2n) is 3.96. The first kappa shape index (κ1) is 15.4. The summed E-state index contributed by atoms with van der Waals surface area (Å²) in [5.41, 5.74) is -0.902. The first-order valence-corrected chi connectivity index (χ1v) is 7.80. The number of hydrogen-bond acceptors (Lipinski definition) is 4. The van der Waals surface area contributed by atoms with Gasteiger partial charge in [-0.2, -0.15) is 4.39 Å². The Hall–Kier alpha value is -2.00. The van der Waals surface area contributed by atoms with Gasteiger partial charge in [-0.15, -0.1) is 0 Å². The molecule has 0 amide bonds. The van der Waals surface area contributed by atoms with Gasteiger partial charge in [-0.3, -0.25) is 14.8 Å². The van der Waals surface area contributed by atoms with Crippen LogP contribution in [-0.4, -0.2) is 13.3 Å². The van der Waals surface area contributed by atoms with Crippen molar-refractivity contribution in [3.05, 3.63) is 62.9 Å². The highest BCUT2D eigenvalue weighted by atomic mass is 79.9. The van der Waals surface area contributed by atoms with Gasteiger partial charge in [0, 0.05) is 10.5 Å². The molecule has 9 heteroatoms. The van der Waals surface area contributed by atoms with Crippen molar-refractivity contribution in [3.8, 4) is 0 Å². The molecule has 1 N–H and O–H groups in total. The lowest BCUT2D eigenvalue weighted by Crippen LogP contribution is -2.13. The van der Waals surface area contributed by atoms with Crippen molar-refractivity contribution in [2.75, 3.05) is 4.72 Å². The van der Waals surface area contributed by atoms with Crippen molar-refractivity contribution in [3.63, 3.8) is 0 Å². The van der Waals surface area contributed by atoms with Crippen molar-refractivity contribution >= 4 is 37.3 Å². The molecule has 0 radical (unpaired) electrons. The van der Waals surface area contributed by atoms with Gasteiger partial charge in [0.05, 0.1) is 10.6 Å². The van der Waals surface area contributed by atoms with Crippen molar-refractivity contribution in [2.24, 2.45) is 0 Å². The number of hydrogen-bond donors (Lipinski definition) is 1. The van der Waals surface area contributed by atoms with Crippen LogP contribution < -0.4 is 4.72 Å². The van der Waals surface area contributed by atoms with Crippen LogP contribution in [0.25, 0.3) is 0 Å². The molecular weight excluding hydrogens is 367 g/mol. The number of nitrogens with zero attached hydrogens (tertiary/aromatic N) is 1. The molecule has 0 aliphatic carbocycles. The van der Waals surface area contributed by atoms with Gasteiger partial charge < -0.3 is 0 Å². The molecule has 0 saturated heterocycles. The van der Waals surface area contributed by atoms with Crippen molar-refractivity contribution in [1.29, 1.82) is 0 Å². The van der Waals surface area contributed by atoms with E-state index in [4.69, 9.17) is 0 Å². The standard InChI is InChI=1S/C12H8BrFN2O4S/c13-9-3-1-2-4-12(9)21(19,20)15-8-5-6-10(14)11(7-8)16(17)18/h1-7,15H. The molecule has 110 valence electrons. The van der Waals surface area contributed by atoms with Crippen molar-refractivity contribution in [2.45, 2.75) is 4.90 Å². The van der Waals surface area contributed by atoms with Crippen molar-refractivity contribution < 1.29 is 17.7 Å². The van der Waals surface area contributed by atoms with Gasteiger partial charge in [-0.05, 0) is 40.2 Å². The van der Waals surface area contributed by atoms with Crippen LogP contribution >= 0.6 is 15.9 Å². The fraction of sp³-hybridized carbons (Fsp3) is 0. The van der Waals surface area contributed by atoms with E-state index in [1.807, 2.05) is 0 Å². The summed E-state index contributed by atoms with van der Waals surface area (Å²) in [5, 5.41) is 10.6. The Morgan fingerprint density at radius 2 is 1.86 bits per heavy atom. The summed E-state index contributed by atoms with van der Waals surface area (Å²) >= 11 is 3.11. The maximum Gasteiger partial charge on any atom is 0.306 e. The van der Waals surface area contributed by atoms with E-state index in [1.165, 1.54) is 12.1 Å². The quantitative estimate of drug-likeness (QED) is 0.656. The normalized spacial score (nSPS) is 11.1. The highest BCUT2D eigenvalue weighted by Crippen LogP contribution is 2.26. The van der Waals surface area contributed by atoms with E-state index in [0.717, 1.165) is 18.2 Å². The Labute approximate surface area is 127 Å². The van der Waals surface area contributed by atoms with Crippen molar-refractivity contribution in [1.82, 2.24) is 0 Å². The molecule has 0 heterocycles. The van der Waals surface area contributed by atoms with Crippen LogP contribution in [0.5, 0.6) is 0 Å². The third-order valence-corrected chi connectivity index (χ3v) is 4.91. The van der Waals surface area contributed by atoms with Crippen LogP contribution in [0.15, 0.2) is 51.8 Å². The molecule has 0 aliphatic heterocycles. The van der Waals surface area contributed by atoms with Crippen LogP contribution in [-0.2, 0) is 10.0 Å². The number of halogens is 2. The van der Waals surface area contributed by atoms with E-state index in [-0.39, 0.29) is 10.6 Å². The fourth-order valence-electron chi connectivity index (χ4n) is 1.59. The molecule has 0 fully saturated rings. The summed E-state index contributed by atoms with van der Waals surface area (Å²) in [5.74, 6) is -1.04. The van der Waals surface area contributed by atoms with Crippen LogP contribution in [0.1, 0.15) is 0 Å². The van der Waals surface area contributed by atoms with E-state index in [0.29, 0.717) is 4.47 Å². The maximum atomic E-state index is 13.2. The summed E-state index contributed by atoms with van der Waals surface area (Å²) in [7, 11) is -3.94. The predicted octanol–water partition coefficient (Wildman–Crippen LogP) is 3.30. The zero-order valence-corrected chi connectivity index (χ0v) is 12.7. The molecule has 2 rings (SSSR count). The van der Waals surface area contributed by atoms with Gasteiger partial charge in [-0.1, -0.05) is 12.1 Å². The number of nitro groups is 1. The summed E-state index contributed by atoms with van der Waals surface area (Å²) in [6, 6.07) is 8.85. The Bertz CT molecular complexity index is 811. The summed E-state index contributed by atoms with van der Waals surface area (Å²) in [4.78, 5) is 9.69. The molecule has 0 aromatic heterocycles. The first-order valence-electron chi connectivity index (χ1n) is 5.52. The van der Waals surface area contributed by atoms with E-state index >= 15 is 0 Å². The summed E-state index contributed by atoms with van der Waals surface area (Å²) in [6.07, 6.45) is 0. The lowest BCUT2D eigenvalue weighted by molar-refractivity contribution is -0.387. The minimum Gasteiger partial charge on any atom is -0.279 e. The number of rotatable bonds is 4. The molecule has 6 nitrogen and oxygen atoms in total. The van der Waals surface area contributed by atoms with Gasteiger partial charge in [0.2, 0.25) is 5.82 Å². The van der Waals surface area contributed by atoms with Gasteiger partial charge in [0.15, 0.2) is 0 Å². The Morgan fingerprint density at radius 3 is 2.48 bits per heavy atom. The molecule has 0 aliphatic rings. The minimum absolute atomic E-state index is 0.0306. The van der Waals surface area contributed by atoms with Gasteiger partial charge in [0.25, 0.3) is 10.0 Å². The van der Waals surface area contributed by atoms with E-state index in [2.05, 4.69) is 20.7 Å². The monoisotopic (exact) mass is 374 g/mol. The topological polar surface area (TPSA) is 89.3 Å². The molecule has 0 spiro atoms. The molecule has 2 aromatic carbocycles. The Kier molecular flexibility index (Phi) is 4.24. The molecule has 0 saturated carbocycles. The van der Waals surface area contributed by atoms with Gasteiger partial charge in [0.1, 0.15) is 4.90 Å². The molecule has 0 atom stereocenters. The molecule has 21 heavy (non-hydrogen) atoms. The van der Waals surface area contributed by atoms with Crippen LogP contribution in [0.3, 0.4) is 0 Å². The van der Waals surface area contributed by atoms with Crippen LogP contribution in [0.4, 0.5) is 15.8 Å². The molecule has 0 bridgehead atoms. The largest absolute Gasteiger partial charge is 0.306 e. The highest BCUT2D eigenvalue weighted by Gasteiger charge is 2.20. The number of nitro benzene ring substituents is 1. The second-order valence-corrected chi connectivity index (χ2v) is 6.46. The molecule has 0 unspecified atom stereocenters. The highest BCUT2D eigenvalue weighted by molar-refractivity contribution is 9.10. The van der Waals surface area contributed by atoms with E-state index in [9.17, 15) is 22.9 Å². The zero-order chi connectivity index (χ0) is 15.6. The number of anilines is 1. The predicted molar refractivity (Wildman–Crippen MR) is 78.0 cm³/mol. The average molecular weight is 375 g/mol. The van der Waals surface area contributed by atoms with E-state index < -0.39 is 26.5 Å². The number of benzene rings is 2. The van der Waals surface area contributed by atoms with Crippen LogP contribution in [0.2, 0.25) is 0 Å². The summed E-state index contributed by atoms with van der Waals surface area (Å²) in [6.45, 7) is 0. The molecular formula is C12H8BrFN2O4S. The lowest BCUT2D eigenvalue weighted by atomic mass is 10.3. The Balaban J connectivity index is 2.40. The number of sulfonamides is 1. The fourth-order valence-corrected chi connectivity index (χ4v) is 3.64. The number of nitrogens with one attached hydrogen (secondary N) is 1. The zero-order valence-electron chi connectivity index (χ0n) is 10.3. The van der Waals surface area contributed by atoms with E-state index in [1.54, 1.807) is 12.1 Å². The third kappa shape index (κ3) is 3.37. The Morgan fingerprint density at radius 1 is 1.19 bits per heavy atom. The smallest absolute Gasteiger partial charge is 0.279 e. The maximum absolute atomic E-state index is 13.2. The SMILES string of the molecule is O=[N+]([O-])c1cc(NS(=O)(=O)c2ccccc2Br)ccc1F. The lowest BCUT2D eigenvalue weighted by Gasteiger charge is -2.09. The summed E-state index contributed by atoms with van der Waals surface area (Å²) < 4.78 is 40.1. The third-order valence-electron chi connectivity index (χ3n) is 2.52. The van der Waals surface area contributed by atoms with Crippen LogP contribution in [0, 0.1) is 15.9 Å².